The van der Waals surface area contributed by atoms with E-state index in [0.29, 0.717) is 10.9 Å². The van der Waals surface area contributed by atoms with E-state index in [-0.39, 0.29) is 27.2 Å². The Morgan fingerprint density at radius 1 is 1.05 bits per heavy atom. The Labute approximate surface area is 226 Å². The third-order valence-corrected chi connectivity index (χ3v) is 6.37. The molecule has 0 bridgehead atoms. The van der Waals surface area contributed by atoms with Gasteiger partial charge < -0.3 is 14.9 Å². The predicted molar refractivity (Wildman–Crippen MR) is 142 cm³/mol. The van der Waals surface area contributed by atoms with Crippen molar-refractivity contribution in [2.45, 2.75) is 19.5 Å². The van der Waals surface area contributed by atoms with Crippen LogP contribution in [0.4, 0.5) is 5.69 Å². The minimum atomic E-state index is -1.41. The molecule has 2 aromatic carbocycles. The molecule has 9 nitrogen and oxygen atoms in total. The van der Waals surface area contributed by atoms with Crippen molar-refractivity contribution in [3.63, 3.8) is 0 Å². The molecule has 3 N–H and O–H groups in total. The number of benzene rings is 2. The fourth-order valence-corrected chi connectivity index (χ4v) is 4.57. The number of pyridine rings is 2. The van der Waals surface area contributed by atoms with Crippen molar-refractivity contribution < 1.29 is 14.9 Å². The zero-order valence-corrected chi connectivity index (χ0v) is 21.3. The minimum absolute atomic E-state index is 0.148. The number of nitrogens with one attached hydrogen (secondary N) is 1. The maximum Gasteiger partial charge on any atom is 0.206 e. The number of aliphatic hydroxyl groups excluding tert-OH is 2. The highest BCUT2D eigenvalue weighted by Crippen LogP contribution is 2.41. The minimum Gasteiger partial charge on any atom is -0.454 e. The quantitative estimate of drug-likeness (QED) is 0.292. The molecule has 186 valence electrons. The summed E-state index contributed by atoms with van der Waals surface area (Å²) in [5.41, 5.74) is 3.43. The number of hydrogen-bond acceptors (Lipinski definition) is 9. The predicted octanol–water partition coefficient (Wildman–Crippen LogP) is 5.24. The fourth-order valence-electron chi connectivity index (χ4n) is 3.84. The van der Waals surface area contributed by atoms with E-state index >= 15 is 0 Å². The van der Waals surface area contributed by atoms with Crippen LogP contribution in [0.1, 0.15) is 5.56 Å². The Bertz CT molecular complexity index is 1580. The molecule has 1 aliphatic heterocycles. The lowest BCUT2D eigenvalue weighted by molar-refractivity contribution is 0.0631. The standard InChI is InChI=1S/C25H17Cl3N6O3/c1-12-6-20(13-4-5-30-22(28)7-13)31-19-3-2-15(10-16(12)19)37-23-17(26)8-14(9-18(23)27)34-25(36)32-24(35)21(11-29)33-34/h2-10,24-25,32,35-36H,1H3. The van der Waals surface area contributed by atoms with Crippen LogP contribution in [0.3, 0.4) is 0 Å². The summed E-state index contributed by atoms with van der Waals surface area (Å²) < 4.78 is 6.02. The largest absolute Gasteiger partial charge is 0.454 e. The summed E-state index contributed by atoms with van der Waals surface area (Å²) in [7, 11) is 0. The molecule has 3 heterocycles. The van der Waals surface area contributed by atoms with Gasteiger partial charge in [-0.15, -0.1) is 0 Å². The molecule has 0 fully saturated rings. The summed E-state index contributed by atoms with van der Waals surface area (Å²) >= 11 is 19.0. The number of halogens is 3. The van der Waals surface area contributed by atoms with Gasteiger partial charge in [0.2, 0.25) is 6.35 Å². The molecule has 12 heteroatoms. The summed E-state index contributed by atoms with van der Waals surface area (Å²) in [6, 6.07) is 15.7. The molecular weight excluding hydrogens is 539 g/mol. The number of aryl methyl sites for hydroxylation is 1. The van der Waals surface area contributed by atoms with Gasteiger partial charge in [-0.05, 0) is 61.0 Å². The smallest absolute Gasteiger partial charge is 0.206 e. The Hall–Kier alpha value is -3.49. The Morgan fingerprint density at radius 3 is 2.51 bits per heavy atom. The molecule has 1 aliphatic rings. The Kier molecular flexibility index (Phi) is 6.88. The zero-order chi connectivity index (χ0) is 26.3. The fraction of sp³-hybridized carbons (Fsp3) is 0.120. The number of aromatic nitrogens is 2. The molecule has 2 aromatic heterocycles. The van der Waals surface area contributed by atoms with Crippen molar-refractivity contribution in [1.29, 1.82) is 5.26 Å². The lowest BCUT2D eigenvalue weighted by Crippen LogP contribution is -2.55. The topological polar surface area (TPSA) is 127 Å². The molecule has 0 aliphatic carbocycles. The van der Waals surface area contributed by atoms with Gasteiger partial charge in [0.15, 0.2) is 17.7 Å². The van der Waals surface area contributed by atoms with Crippen molar-refractivity contribution >= 4 is 57.1 Å². The summed E-state index contributed by atoms with van der Waals surface area (Å²) in [4.78, 5) is 8.75. The van der Waals surface area contributed by atoms with Crippen molar-refractivity contribution in [2.24, 2.45) is 5.10 Å². The molecule has 2 atom stereocenters. The van der Waals surface area contributed by atoms with E-state index < -0.39 is 12.6 Å². The van der Waals surface area contributed by atoms with Crippen LogP contribution in [-0.2, 0) is 0 Å². The highest BCUT2D eigenvalue weighted by molar-refractivity contribution is 6.37. The van der Waals surface area contributed by atoms with E-state index in [2.05, 4.69) is 15.4 Å². The van der Waals surface area contributed by atoms with Gasteiger partial charge >= 0.3 is 0 Å². The van der Waals surface area contributed by atoms with Crippen LogP contribution in [0.25, 0.3) is 22.2 Å². The highest BCUT2D eigenvalue weighted by Gasteiger charge is 2.29. The lowest BCUT2D eigenvalue weighted by Gasteiger charge is -2.32. The van der Waals surface area contributed by atoms with Gasteiger partial charge in [0.05, 0.1) is 26.9 Å². The summed E-state index contributed by atoms with van der Waals surface area (Å²) in [5.74, 6) is 0.685. The first kappa shape index (κ1) is 25.2. The Morgan fingerprint density at radius 2 is 1.81 bits per heavy atom. The van der Waals surface area contributed by atoms with E-state index in [1.807, 2.05) is 31.2 Å². The number of hydrogen-bond donors (Lipinski definition) is 3. The second-order valence-electron chi connectivity index (χ2n) is 8.10. The summed E-state index contributed by atoms with van der Waals surface area (Å²) in [6.07, 6.45) is -1.17. The second-order valence-corrected chi connectivity index (χ2v) is 9.30. The molecule has 0 radical (unpaired) electrons. The molecule has 2 unspecified atom stereocenters. The molecule has 37 heavy (non-hydrogen) atoms. The number of fused-ring (bicyclic) bond motifs is 1. The van der Waals surface area contributed by atoms with E-state index in [4.69, 9.17) is 49.8 Å². The van der Waals surface area contributed by atoms with Crippen molar-refractivity contribution in [2.75, 3.05) is 5.01 Å². The first-order valence-electron chi connectivity index (χ1n) is 10.8. The highest BCUT2D eigenvalue weighted by atomic mass is 35.5. The summed E-state index contributed by atoms with van der Waals surface area (Å²) in [6.45, 7) is 1.97. The number of hydrazone groups is 1. The SMILES string of the molecule is Cc1cc(-c2ccnc(Cl)c2)nc2ccc(Oc3c(Cl)cc(N4N=C(C#N)C(O)NC4O)cc3Cl)cc12. The maximum absolute atomic E-state index is 10.2. The number of anilines is 1. The van der Waals surface area contributed by atoms with Crippen LogP contribution in [0.15, 0.2) is 59.8 Å². The third kappa shape index (κ3) is 5.04. The average molecular weight is 556 g/mol. The Balaban J connectivity index is 1.45. The van der Waals surface area contributed by atoms with Crippen molar-refractivity contribution in [1.82, 2.24) is 15.3 Å². The first-order valence-corrected chi connectivity index (χ1v) is 12.0. The van der Waals surface area contributed by atoms with Crippen LogP contribution >= 0.6 is 34.8 Å². The van der Waals surface area contributed by atoms with E-state index in [1.165, 1.54) is 12.1 Å². The van der Waals surface area contributed by atoms with E-state index in [0.717, 1.165) is 32.7 Å². The van der Waals surface area contributed by atoms with E-state index in [1.54, 1.807) is 24.4 Å². The number of nitrogens with zero attached hydrogens (tertiary/aromatic N) is 5. The van der Waals surface area contributed by atoms with Crippen LogP contribution < -0.4 is 15.1 Å². The molecule has 4 aromatic rings. The van der Waals surface area contributed by atoms with Gasteiger partial charge in [0.1, 0.15) is 17.0 Å². The third-order valence-electron chi connectivity index (χ3n) is 5.60. The molecule has 0 amide bonds. The zero-order valence-electron chi connectivity index (χ0n) is 19.0. The van der Waals surface area contributed by atoms with Gasteiger partial charge in [-0.3, -0.25) is 0 Å². The lowest BCUT2D eigenvalue weighted by atomic mass is 10.1. The van der Waals surface area contributed by atoms with Gasteiger partial charge in [-0.1, -0.05) is 34.8 Å². The van der Waals surface area contributed by atoms with Gasteiger partial charge in [-0.2, -0.15) is 10.4 Å². The molecule has 5 rings (SSSR count). The van der Waals surface area contributed by atoms with Crippen molar-refractivity contribution in [3.05, 3.63) is 75.5 Å². The number of rotatable bonds is 4. The second kappa shape index (κ2) is 10.1. The van der Waals surface area contributed by atoms with Crippen LogP contribution in [-0.4, -0.2) is 38.5 Å². The average Bonchev–Trinajstić information content (AvgIpc) is 2.86. The van der Waals surface area contributed by atoms with Gasteiger partial charge in [0, 0.05) is 17.1 Å². The molecule has 0 saturated carbocycles. The first-order chi connectivity index (χ1) is 17.7. The van der Waals surface area contributed by atoms with Gasteiger partial charge in [0.25, 0.3) is 0 Å². The number of ether oxygens (including phenoxy) is 1. The van der Waals surface area contributed by atoms with Crippen LogP contribution in [0, 0.1) is 18.3 Å². The molecule has 0 saturated heterocycles. The maximum atomic E-state index is 10.2. The van der Waals surface area contributed by atoms with Crippen LogP contribution in [0.2, 0.25) is 15.2 Å². The van der Waals surface area contributed by atoms with E-state index in [9.17, 15) is 10.2 Å². The number of aliphatic hydroxyl groups is 2. The van der Waals surface area contributed by atoms with Crippen molar-refractivity contribution in [3.8, 4) is 28.8 Å². The van der Waals surface area contributed by atoms with Crippen LogP contribution in [0.5, 0.6) is 11.5 Å². The molecular formula is C25H17Cl3N6O3. The summed E-state index contributed by atoms with van der Waals surface area (Å²) in [5, 5.41) is 38.1. The van der Waals surface area contributed by atoms with Gasteiger partial charge in [-0.25, -0.2) is 20.3 Å². The monoisotopic (exact) mass is 554 g/mol. The number of nitriles is 1. The normalized spacial score (nSPS) is 17.4. The molecule has 0 spiro atoms.